The summed E-state index contributed by atoms with van der Waals surface area (Å²) in [6, 6.07) is 13.2. The normalized spacial score (nSPS) is 14.5. The smallest absolute Gasteiger partial charge is 0.335 e. The molecule has 0 atom stereocenters. The van der Waals surface area contributed by atoms with E-state index in [0.717, 1.165) is 40.1 Å². The summed E-state index contributed by atoms with van der Waals surface area (Å²) in [6.07, 6.45) is 2.59. The molecule has 9 nitrogen and oxygen atoms in total. The maximum atomic E-state index is 13.2. The minimum Gasteiger partial charge on any atom is -0.493 e. The first-order chi connectivity index (χ1) is 16.8. The highest BCUT2D eigenvalue weighted by molar-refractivity contribution is 6.30. The number of aromatic nitrogens is 2. The lowest BCUT2D eigenvalue weighted by Crippen LogP contribution is -2.37. The molecule has 172 valence electrons. The van der Waals surface area contributed by atoms with Gasteiger partial charge >= 0.3 is 5.69 Å². The van der Waals surface area contributed by atoms with Gasteiger partial charge in [-0.15, -0.1) is 0 Å². The Kier molecular flexibility index (Phi) is 4.52. The number of imide groups is 1. The Bertz CT molecular complexity index is 1710. The Morgan fingerprint density at radius 1 is 0.914 bits per heavy atom. The van der Waals surface area contributed by atoms with Gasteiger partial charge in [-0.1, -0.05) is 29.8 Å². The van der Waals surface area contributed by atoms with Gasteiger partial charge in [0.05, 0.1) is 23.0 Å². The van der Waals surface area contributed by atoms with Crippen LogP contribution in [-0.2, 0) is 12.8 Å². The van der Waals surface area contributed by atoms with Crippen molar-refractivity contribution in [1.82, 2.24) is 14.6 Å². The third kappa shape index (κ3) is 3.05. The van der Waals surface area contributed by atoms with Crippen molar-refractivity contribution in [3.05, 3.63) is 102 Å². The van der Waals surface area contributed by atoms with Gasteiger partial charge in [0.2, 0.25) is 5.88 Å². The zero-order valence-corrected chi connectivity index (χ0v) is 18.7. The minimum absolute atomic E-state index is 0.203. The van der Waals surface area contributed by atoms with Gasteiger partial charge in [-0.2, -0.15) is 10.1 Å². The van der Waals surface area contributed by atoms with Crippen molar-refractivity contribution in [2.45, 2.75) is 12.8 Å². The first-order valence-corrected chi connectivity index (χ1v) is 11.1. The van der Waals surface area contributed by atoms with Crippen LogP contribution in [0.15, 0.2) is 63.2 Å². The van der Waals surface area contributed by atoms with Crippen LogP contribution >= 0.6 is 11.6 Å². The van der Waals surface area contributed by atoms with Gasteiger partial charge in [-0.3, -0.25) is 19.4 Å². The molecule has 35 heavy (non-hydrogen) atoms. The molecule has 6 rings (SSSR count). The van der Waals surface area contributed by atoms with Gasteiger partial charge < -0.3 is 5.11 Å². The molecule has 10 heteroatoms. The third-order valence-electron chi connectivity index (χ3n) is 6.33. The fourth-order valence-electron chi connectivity index (χ4n) is 4.74. The van der Waals surface area contributed by atoms with Crippen molar-refractivity contribution in [1.29, 1.82) is 0 Å². The Balaban J connectivity index is 1.46. The maximum Gasteiger partial charge on any atom is 0.335 e. The number of aromatic amines is 1. The standard InChI is InChI=1S/C25H15ClN4O5/c26-14-2-1-3-15(10-14)29-22(32)18(21(31)28-25(29)35)11-27-30-23(33)16-8-6-12-4-5-13-7-9-17(24(30)34)20(16)19(12)13/h1-3,6-11,32H,4-5H2,(H,28,31,35)/b27-11+. The lowest BCUT2D eigenvalue weighted by molar-refractivity contribution is 0.0616. The minimum atomic E-state index is -0.936. The Hall–Kier alpha value is -4.50. The number of nitrogens with zero attached hydrogens (tertiary/aromatic N) is 3. The first-order valence-electron chi connectivity index (χ1n) is 10.7. The fourth-order valence-corrected chi connectivity index (χ4v) is 4.92. The molecule has 1 aliphatic heterocycles. The second-order valence-electron chi connectivity index (χ2n) is 8.27. The highest BCUT2D eigenvalue weighted by Gasteiger charge is 2.35. The van der Waals surface area contributed by atoms with Crippen LogP contribution in [0.1, 0.15) is 37.4 Å². The fraction of sp³-hybridized carbons (Fsp3) is 0.0800. The number of aromatic hydroxyl groups is 1. The van der Waals surface area contributed by atoms with Crippen LogP contribution in [0, 0.1) is 0 Å². The molecular formula is C25H15ClN4O5. The summed E-state index contributed by atoms with van der Waals surface area (Å²) in [4.78, 5) is 53.3. The number of hydrazone groups is 1. The van der Waals surface area contributed by atoms with Crippen molar-refractivity contribution >= 4 is 40.4 Å². The summed E-state index contributed by atoms with van der Waals surface area (Å²) in [5, 5.41) is 17.2. The molecule has 0 saturated carbocycles. The van der Waals surface area contributed by atoms with Crippen LogP contribution in [0.25, 0.3) is 16.5 Å². The van der Waals surface area contributed by atoms with E-state index in [-0.39, 0.29) is 5.69 Å². The molecule has 2 amide bonds. The van der Waals surface area contributed by atoms with Gasteiger partial charge in [0, 0.05) is 10.4 Å². The van der Waals surface area contributed by atoms with Crippen LogP contribution in [0.2, 0.25) is 5.02 Å². The summed E-state index contributed by atoms with van der Waals surface area (Å²) in [6.45, 7) is 0. The van der Waals surface area contributed by atoms with Crippen molar-refractivity contribution in [2.75, 3.05) is 0 Å². The van der Waals surface area contributed by atoms with Crippen LogP contribution in [-0.4, -0.2) is 37.7 Å². The number of rotatable bonds is 3. The summed E-state index contributed by atoms with van der Waals surface area (Å²) in [7, 11) is 0. The quantitative estimate of drug-likeness (QED) is 0.340. The van der Waals surface area contributed by atoms with Crippen molar-refractivity contribution in [2.24, 2.45) is 5.10 Å². The van der Waals surface area contributed by atoms with E-state index in [1.807, 2.05) is 12.1 Å². The van der Waals surface area contributed by atoms with Crippen molar-refractivity contribution in [3.63, 3.8) is 0 Å². The number of benzene rings is 3. The average Bonchev–Trinajstić information content (AvgIpc) is 3.25. The third-order valence-corrected chi connectivity index (χ3v) is 6.57. The van der Waals surface area contributed by atoms with Gasteiger partial charge in [-0.05, 0) is 59.7 Å². The summed E-state index contributed by atoms with van der Waals surface area (Å²) in [5.74, 6) is -2.01. The van der Waals surface area contributed by atoms with Crippen molar-refractivity contribution < 1.29 is 14.7 Å². The zero-order chi connectivity index (χ0) is 24.4. The average molecular weight is 487 g/mol. The second-order valence-corrected chi connectivity index (χ2v) is 8.71. The van der Waals surface area contributed by atoms with Crippen LogP contribution in [0.3, 0.4) is 0 Å². The molecule has 2 heterocycles. The summed E-state index contributed by atoms with van der Waals surface area (Å²) in [5.41, 5.74) is 0.820. The predicted molar refractivity (Wildman–Crippen MR) is 129 cm³/mol. The van der Waals surface area contributed by atoms with Gasteiger partial charge in [0.25, 0.3) is 17.4 Å². The number of hydrogen-bond donors (Lipinski definition) is 2. The van der Waals surface area contributed by atoms with Crippen LogP contribution in [0.5, 0.6) is 5.88 Å². The molecule has 0 unspecified atom stereocenters. The molecule has 0 saturated heterocycles. The van der Waals surface area contributed by atoms with E-state index < -0.39 is 34.5 Å². The molecule has 4 aromatic rings. The van der Waals surface area contributed by atoms with Crippen LogP contribution < -0.4 is 11.2 Å². The Morgan fingerprint density at radius 2 is 1.57 bits per heavy atom. The lowest BCUT2D eigenvalue weighted by atomic mass is 9.92. The maximum absolute atomic E-state index is 13.2. The van der Waals surface area contributed by atoms with E-state index in [0.29, 0.717) is 26.5 Å². The molecule has 0 fully saturated rings. The van der Waals surface area contributed by atoms with Gasteiger partial charge in [0.1, 0.15) is 5.56 Å². The monoisotopic (exact) mass is 486 g/mol. The highest BCUT2D eigenvalue weighted by Crippen LogP contribution is 2.38. The molecular weight excluding hydrogens is 472 g/mol. The molecule has 0 spiro atoms. The molecule has 2 aliphatic rings. The number of nitrogens with one attached hydrogen (secondary N) is 1. The number of halogens is 1. The van der Waals surface area contributed by atoms with E-state index in [2.05, 4.69) is 10.1 Å². The number of aryl methyl sites for hydroxylation is 2. The molecule has 0 radical (unpaired) electrons. The number of amides is 2. The largest absolute Gasteiger partial charge is 0.493 e. The van der Waals surface area contributed by atoms with E-state index in [1.54, 1.807) is 24.3 Å². The second kappa shape index (κ2) is 7.51. The topological polar surface area (TPSA) is 125 Å². The first kappa shape index (κ1) is 21.1. The number of H-pyrrole nitrogens is 1. The Labute approximate surface area is 201 Å². The molecule has 1 aromatic heterocycles. The lowest BCUT2D eigenvalue weighted by Gasteiger charge is -2.23. The Morgan fingerprint density at radius 3 is 2.20 bits per heavy atom. The van der Waals surface area contributed by atoms with Crippen molar-refractivity contribution in [3.8, 4) is 11.6 Å². The SMILES string of the molecule is O=C1c2ccc3c4c(ccc(c24)C(=O)N1/N=C/c1c(O)n(-c2cccc(Cl)c2)c(=O)[nH]c1=O)CC3. The predicted octanol–water partition coefficient (Wildman–Crippen LogP) is 2.77. The number of carbonyl (C=O) groups is 2. The highest BCUT2D eigenvalue weighted by atomic mass is 35.5. The molecule has 2 N–H and O–H groups in total. The van der Waals surface area contributed by atoms with E-state index in [4.69, 9.17) is 11.6 Å². The molecule has 1 aliphatic carbocycles. The number of hydrogen-bond acceptors (Lipinski definition) is 6. The van der Waals surface area contributed by atoms with Gasteiger partial charge in [0.15, 0.2) is 0 Å². The van der Waals surface area contributed by atoms with E-state index in [1.165, 1.54) is 12.1 Å². The number of carbonyl (C=O) groups excluding carboxylic acids is 2. The summed E-state index contributed by atoms with van der Waals surface area (Å²) >= 11 is 5.99. The van der Waals surface area contributed by atoms with Gasteiger partial charge in [-0.25, -0.2) is 9.36 Å². The van der Waals surface area contributed by atoms with Crippen LogP contribution in [0.4, 0.5) is 0 Å². The van der Waals surface area contributed by atoms with E-state index >= 15 is 0 Å². The zero-order valence-electron chi connectivity index (χ0n) is 17.9. The molecule has 3 aromatic carbocycles. The van der Waals surface area contributed by atoms with E-state index in [9.17, 15) is 24.3 Å². The molecule has 0 bridgehead atoms. The summed E-state index contributed by atoms with van der Waals surface area (Å²) < 4.78 is 0.836.